The SMILES string of the molecule is C=C(CCN1CCOCC1)c1ccccc1. The van der Waals surface area contributed by atoms with Gasteiger partial charge in [0, 0.05) is 19.6 Å². The van der Waals surface area contributed by atoms with Crippen molar-refractivity contribution >= 4 is 5.57 Å². The van der Waals surface area contributed by atoms with E-state index < -0.39 is 0 Å². The Kier molecular flexibility index (Phi) is 4.14. The van der Waals surface area contributed by atoms with Crippen LogP contribution in [0.4, 0.5) is 0 Å². The molecule has 0 unspecified atom stereocenters. The van der Waals surface area contributed by atoms with Crippen LogP contribution in [0.25, 0.3) is 5.57 Å². The van der Waals surface area contributed by atoms with Gasteiger partial charge in [-0.2, -0.15) is 0 Å². The quantitative estimate of drug-likeness (QED) is 0.768. The lowest BCUT2D eigenvalue weighted by Gasteiger charge is -2.26. The molecule has 0 bridgehead atoms. The minimum absolute atomic E-state index is 0.873. The molecule has 2 rings (SSSR count). The highest BCUT2D eigenvalue weighted by molar-refractivity contribution is 5.63. The van der Waals surface area contributed by atoms with Gasteiger partial charge in [-0.15, -0.1) is 0 Å². The Morgan fingerprint density at radius 2 is 1.88 bits per heavy atom. The zero-order valence-corrected chi connectivity index (χ0v) is 9.69. The van der Waals surface area contributed by atoms with Crippen molar-refractivity contribution in [1.82, 2.24) is 4.90 Å². The maximum absolute atomic E-state index is 5.33. The number of hydrogen-bond donors (Lipinski definition) is 0. The van der Waals surface area contributed by atoms with Gasteiger partial charge in [0.05, 0.1) is 13.2 Å². The largest absolute Gasteiger partial charge is 0.379 e. The van der Waals surface area contributed by atoms with Gasteiger partial charge in [-0.3, -0.25) is 4.90 Å². The van der Waals surface area contributed by atoms with Crippen molar-refractivity contribution in [2.24, 2.45) is 0 Å². The highest BCUT2D eigenvalue weighted by Crippen LogP contribution is 2.16. The van der Waals surface area contributed by atoms with Gasteiger partial charge in [-0.05, 0) is 17.6 Å². The van der Waals surface area contributed by atoms with Crippen LogP contribution in [0.1, 0.15) is 12.0 Å². The van der Waals surface area contributed by atoms with Gasteiger partial charge in [0.1, 0.15) is 0 Å². The third-order valence-electron chi connectivity index (χ3n) is 3.02. The molecule has 1 heterocycles. The van der Waals surface area contributed by atoms with E-state index in [9.17, 15) is 0 Å². The zero-order chi connectivity index (χ0) is 11.2. The molecule has 1 saturated heterocycles. The second-order valence-corrected chi connectivity index (χ2v) is 4.17. The predicted octanol–water partition coefficient (Wildman–Crippen LogP) is 2.42. The van der Waals surface area contributed by atoms with Crippen LogP contribution in [0.2, 0.25) is 0 Å². The van der Waals surface area contributed by atoms with E-state index in [4.69, 9.17) is 4.74 Å². The smallest absolute Gasteiger partial charge is 0.0594 e. The first-order chi connectivity index (χ1) is 7.86. The highest BCUT2D eigenvalue weighted by Gasteiger charge is 2.10. The lowest BCUT2D eigenvalue weighted by molar-refractivity contribution is 0.0390. The second kappa shape index (κ2) is 5.83. The van der Waals surface area contributed by atoms with Gasteiger partial charge < -0.3 is 4.74 Å². The van der Waals surface area contributed by atoms with E-state index in [0.717, 1.165) is 39.3 Å². The molecule has 0 saturated carbocycles. The summed E-state index contributed by atoms with van der Waals surface area (Å²) in [4.78, 5) is 2.44. The van der Waals surface area contributed by atoms with Gasteiger partial charge >= 0.3 is 0 Å². The molecule has 1 aromatic rings. The molecule has 16 heavy (non-hydrogen) atoms. The molecule has 1 aliphatic rings. The molecule has 0 amide bonds. The number of benzene rings is 1. The Labute approximate surface area is 97.5 Å². The lowest BCUT2D eigenvalue weighted by Crippen LogP contribution is -2.36. The molecule has 1 aromatic carbocycles. The lowest BCUT2D eigenvalue weighted by atomic mass is 10.0. The Bertz CT molecular complexity index is 328. The molecule has 0 aliphatic carbocycles. The summed E-state index contributed by atoms with van der Waals surface area (Å²) < 4.78 is 5.33. The number of morpholine rings is 1. The summed E-state index contributed by atoms with van der Waals surface area (Å²) in [5.41, 5.74) is 2.49. The van der Waals surface area contributed by atoms with Gasteiger partial charge in [-0.1, -0.05) is 36.9 Å². The van der Waals surface area contributed by atoms with Crippen molar-refractivity contribution in [3.8, 4) is 0 Å². The first-order valence-corrected chi connectivity index (χ1v) is 5.89. The average molecular weight is 217 g/mol. The minimum atomic E-state index is 0.873. The van der Waals surface area contributed by atoms with Crippen molar-refractivity contribution in [1.29, 1.82) is 0 Å². The Morgan fingerprint density at radius 3 is 2.56 bits per heavy atom. The average Bonchev–Trinajstić information content (AvgIpc) is 2.38. The fourth-order valence-corrected chi connectivity index (χ4v) is 1.94. The summed E-state index contributed by atoms with van der Waals surface area (Å²) in [6.07, 6.45) is 1.05. The maximum atomic E-state index is 5.33. The van der Waals surface area contributed by atoms with Crippen molar-refractivity contribution < 1.29 is 4.74 Å². The van der Waals surface area contributed by atoms with Crippen LogP contribution in [-0.4, -0.2) is 37.7 Å². The standard InChI is InChI=1S/C14H19NO/c1-13(14-5-3-2-4-6-14)7-8-15-9-11-16-12-10-15/h2-6H,1,7-12H2. The van der Waals surface area contributed by atoms with Crippen LogP contribution in [-0.2, 0) is 4.74 Å². The summed E-state index contributed by atoms with van der Waals surface area (Å²) >= 11 is 0. The molecule has 1 fully saturated rings. The fraction of sp³-hybridized carbons (Fsp3) is 0.429. The summed E-state index contributed by atoms with van der Waals surface area (Å²) in [7, 11) is 0. The van der Waals surface area contributed by atoms with Crippen LogP contribution in [0.15, 0.2) is 36.9 Å². The van der Waals surface area contributed by atoms with Crippen LogP contribution >= 0.6 is 0 Å². The molecule has 2 nitrogen and oxygen atoms in total. The van der Waals surface area contributed by atoms with Crippen molar-refractivity contribution in [2.45, 2.75) is 6.42 Å². The van der Waals surface area contributed by atoms with Crippen molar-refractivity contribution in [3.05, 3.63) is 42.5 Å². The van der Waals surface area contributed by atoms with E-state index in [1.54, 1.807) is 0 Å². The molecule has 0 aromatic heterocycles. The number of nitrogens with zero attached hydrogens (tertiary/aromatic N) is 1. The Hall–Kier alpha value is -1.12. The van der Waals surface area contributed by atoms with Gasteiger partial charge in [0.25, 0.3) is 0 Å². The molecule has 0 atom stereocenters. The van der Waals surface area contributed by atoms with E-state index in [1.165, 1.54) is 11.1 Å². The molecular weight excluding hydrogens is 198 g/mol. The summed E-state index contributed by atoms with van der Waals surface area (Å²) in [6, 6.07) is 10.4. The van der Waals surface area contributed by atoms with Crippen LogP contribution < -0.4 is 0 Å². The molecule has 0 spiro atoms. The van der Waals surface area contributed by atoms with E-state index in [2.05, 4.69) is 35.7 Å². The normalized spacial score (nSPS) is 17.2. The van der Waals surface area contributed by atoms with Crippen LogP contribution in [0, 0.1) is 0 Å². The topological polar surface area (TPSA) is 12.5 Å². The monoisotopic (exact) mass is 217 g/mol. The molecular formula is C14H19NO. The Balaban J connectivity index is 1.79. The van der Waals surface area contributed by atoms with Gasteiger partial charge in [0.15, 0.2) is 0 Å². The maximum Gasteiger partial charge on any atom is 0.0594 e. The van der Waals surface area contributed by atoms with E-state index in [-0.39, 0.29) is 0 Å². The zero-order valence-electron chi connectivity index (χ0n) is 9.69. The molecule has 0 radical (unpaired) electrons. The minimum Gasteiger partial charge on any atom is -0.379 e. The summed E-state index contributed by atoms with van der Waals surface area (Å²) in [6.45, 7) is 9.11. The second-order valence-electron chi connectivity index (χ2n) is 4.17. The number of rotatable bonds is 4. The van der Waals surface area contributed by atoms with E-state index in [1.807, 2.05) is 6.07 Å². The molecule has 2 heteroatoms. The fourth-order valence-electron chi connectivity index (χ4n) is 1.94. The molecule has 0 N–H and O–H groups in total. The van der Waals surface area contributed by atoms with Gasteiger partial charge in [0.2, 0.25) is 0 Å². The van der Waals surface area contributed by atoms with Crippen LogP contribution in [0.3, 0.4) is 0 Å². The third kappa shape index (κ3) is 3.19. The molecule has 1 aliphatic heterocycles. The van der Waals surface area contributed by atoms with Crippen molar-refractivity contribution in [3.63, 3.8) is 0 Å². The number of ether oxygens (including phenoxy) is 1. The third-order valence-corrected chi connectivity index (χ3v) is 3.02. The Morgan fingerprint density at radius 1 is 1.19 bits per heavy atom. The summed E-state index contributed by atoms with van der Waals surface area (Å²) in [5, 5.41) is 0. The highest BCUT2D eigenvalue weighted by atomic mass is 16.5. The first kappa shape index (κ1) is 11.4. The summed E-state index contributed by atoms with van der Waals surface area (Å²) in [5.74, 6) is 0. The predicted molar refractivity (Wildman–Crippen MR) is 67.4 cm³/mol. The van der Waals surface area contributed by atoms with Gasteiger partial charge in [-0.25, -0.2) is 0 Å². The molecule has 86 valence electrons. The van der Waals surface area contributed by atoms with E-state index >= 15 is 0 Å². The van der Waals surface area contributed by atoms with E-state index in [0.29, 0.717) is 0 Å². The number of hydrogen-bond acceptors (Lipinski definition) is 2. The van der Waals surface area contributed by atoms with Crippen molar-refractivity contribution in [2.75, 3.05) is 32.8 Å². The van der Waals surface area contributed by atoms with Crippen LogP contribution in [0.5, 0.6) is 0 Å². The first-order valence-electron chi connectivity index (χ1n) is 5.89.